The van der Waals surface area contributed by atoms with Gasteiger partial charge in [-0.25, -0.2) is 12.8 Å². The Morgan fingerprint density at radius 3 is 2.81 bits per heavy atom. The van der Waals surface area contributed by atoms with Crippen molar-refractivity contribution in [1.82, 2.24) is 9.62 Å². The van der Waals surface area contributed by atoms with Crippen molar-refractivity contribution < 1.29 is 22.3 Å². The molecule has 1 aliphatic rings. The van der Waals surface area contributed by atoms with Gasteiger partial charge in [-0.05, 0) is 43.4 Å². The van der Waals surface area contributed by atoms with Crippen LogP contribution in [0, 0.1) is 17.7 Å². The topological polar surface area (TPSA) is 75.7 Å². The van der Waals surface area contributed by atoms with E-state index in [0.717, 1.165) is 18.6 Å². The van der Waals surface area contributed by atoms with Crippen LogP contribution in [0.3, 0.4) is 0 Å². The number of benzene rings is 1. The van der Waals surface area contributed by atoms with Gasteiger partial charge in [-0.1, -0.05) is 13.8 Å². The van der Waals surface area contributed by atoms with E-state index in [4.69, 9.17) is 4.74 Å². The molecule has 0 aliphatic carbocycles. The second-order valence-corrected chi connectivity index (χ2v) is 8.88. The van der Waals surface area contributed by atoms with Gasteiger partial charge >= 0.3 is 0 Å². The normalized spacial score (nSPS) is 18.7. The molecule has 1 heterocycles. The fourth-order valence-corrected chi connectivity index (χ4v) is 4.69. The number of amides is 1. The molecule has 1 saturated heterocycles. The maximum Gasteiger partial charge on any atom is 0.246 e. The third-order valence-corrected chi connectivity index (χ3v) is 6.41. The van der Waals surface area contributed by atoms with Crippen molar-refractivity contribution in [3.63, 3.8) is 0 Å². The van der Waals surface area contributed by atoms with Crippen LogP contribution in [0.5, 0.6) is 5.75 Å². The predicted octanol–water partition coefficient (Wildman–Crippen LogP) is 2.40. The summed E-state index contributed by atoms with van der Waals surface area (Å²) in [6, 6.07) is 3.40. The van der Waals surface area contributed by atoms with Crippen molar-refractivity contribution in [2.75, 3.05) is 26.7 Å². The van der Waals surface area contributed by atoms with Gasteiger partial charge in [0.05, 0.1) is 13.0 Å². The van der Waals surface area contributed by atoms with E-state index in [0.29, 0.717) is 31.8 Å². The number of hydrogen-bond acceptors (Lipinski definition) is 4. The zero-order valence-corrected chi connectivity index (χ0v) is 16.3. The number of hydrogen-bond donors (Lipinski definition) is 1. The van der Waals surface area contributed by atoms with Crippen LogP contribution in [-0.4, -0.2) is 45.4 Å². The average Bonchev–Trinajstić information content (AvgIpc) is 2.61. The molecule has 1 aromatic rings. The number of rotatable bonds is 7. The number of carbonyl (C=O) groups excluding carboxylic acids is 1. The first-order valence-corrected chi connectivity index (χ1v) is 10.3. The minimum Gasteiger partial charge on any atom is -0.495 e. The molecule has 0 radical (unpaired) electrons. The molecular formula is C18H27FN2O4S. The van der Waals surface area contributed by atoms with Gasteiger partial charge in [0.25, 0.3) is 0 Å². The third-order valence-electron chi connectivity index (χ3n) is 4.52. The molecule has 146 valence electrons. The van der Waals surface area contributed by atoms with Crippen LogP contribution >= 0.6 is 0 Å². The second kappa shape index (κ2) is 8.81. The first-order chi connectivity index (χ1) is 12.3. The molecular weight excluding hydrogens is 359 g/mol. The summed E-state index contributed by atoms with van der Waals surface area (Å²) < 4.78 is 45.8. The van der Waals surface area contributed by atoms with E-state index < -0.39 is 21.8 Å². The number of methoxy groups -OCH3 is 1. The first-order valence-electron chi connectivity index (χ1n) is 8.87. The maximum atomic E-state index is 13.6. The zero-order chi connectivity index (χ0) is 19.3. The van der Waals surface area contributed by atoms with E-state index in [9.17, 15) is 17.6 Å². The summed E-state index contributed by atoms with van der Waals surface area (Å²) in [7, 11) is -2.60. The maximum absolute atomic E-state index is 13.6. The van der Waals surface area contributed by atoms with Gasteiger partial charge in [0.1, 0.15) is 16.5 Å². The lowest BCUT2D eigenvalue weighted by Gasteiger charge is -2.31. The van der Waals surface area contributed by atoms with Crippen molar-refractivity contribution >= 4 is 15.9 Å². The molecule has 8 heteroatoms. The summed E-state index contributed by atoms with van der Waals surface area (Å²) in [6.07, 6.45) is 2.10. The number of nitrogens with one attached hydrogen (secondary N) is 1. The third kappa shape index (κ3) is 4.94. The van der Waals surface area contributed by atoms with E-state index in [1.165, 1.54) is 17.5 Å². The van der Waals surface area contributed by atoms with E-state index in [1.807, 2.05) is 0 Å². The lowest BCUT2D eigenvalue weighted by molar-refractivity contribution is -0.126. The molecule has 26 heavy (non-hydrogen) atoms. The highest BCUT2D eigenvalue weighted by Crippen LogP contribution is 2.30. The number of halogens is 1. The van der Waals surface area contributed by atoms with E-state index in [1.54, 1.807) is 0 Å². The van der Waals surface area contributed by atoms with Gasteiger partial charge in [0.15, 0.2) is 0 Å². The molecule has 1 aliphatic heterocycles. The van der Waals surface area contributed by atoms with Crippen LogP contribution in [0.1, 0.15) is 33.1 Å². The lowest BCUT2D eigenvalue weighted by Crippen LogP contribution is -2.45. The average molecular weight is 386 g/mol. The molecule has 6 nitrogen and oxygen atoms in total. The number of carbonyl (C=O) groups is 1. The quantitative estimate of drug-likeness (QED) is 0.781. The Balaban J connectivity index is 2.13. The molecule has 0 aromatic heterocycles. The first kappa shape index (κ1) is 20.6. The van der Waals surface area contributed by atoms with Crippen molar-refractivity contribution in [3.8, 4) is 5.75 Å². The van der Waals surface area contributed by atoms with Crippen LogP contribution in [0.15, 0.2) is 23.1 Å². The van der Waals surface area contributed by atoms with E-state index >= 15 is 0 Å². The molecule has 1 amide bonds. The Morgan fingerprint density at radius 2 is 2.15 bits per heavy atom. The monoisotopic (exact) mass is 386 g/mol. The van der Waals surface area contributed by atoms with Gasteiger partial charge in [-0.15, -0.1) is 0 Å². The summed E-state index contributed by atoms with van der Waals surface area (Å²) in [5, 5.41) is 2.88. The van der Waals surface area contributed by atoms with Gasteiger partial charge in [-0.2, -0.15) is 4.31 Å². The molecule has 1 atom stereocenters. The Morgan fingerprint density at radius 1 is 1.42 bits per heavy atom. The molecule has 1 N–H and O–H groups in total. The highest BCUT2D eigenvalue weighted by Gasteiger charge is 2.35. The van der Waals surface area contributed by atoms with Gasteiger partial charge in [0, 0.05) is 19.6 Å². The molecule has 0 saturated carbocycles. The van der Waals surface area contributed by atoms with Crippen molar-refractivity contribution in [3.05, 3.63) is 24.0 Å². The van der Waals surface area contributed by atoms with Crippen molar-refractivity contribution in [1.29, 1.82) is 0 Å². The molecule has 0 spiro atoms. The van der Waals surface area contributed by atoms with Crippen LogP contribution in [-0.2, 0) is 14.8 Å². The number of piperidine rings is 1. The number of ether oxygens (including phenoxy) is 1. The predicted molar refractivity (Wildman–Crippen MR) is 96.9 cm³/mol. The van der Waals surface area contributed by atoms with Crippen LogP contribution in [0.4, 0.5) is 4.39 Å². The molecule has 2 rings (SSSR count). The van der Waals surface area contributed by atoms with E-state index in [-0.39, 0.29) is 23.1 Å². The minimum absolute atomic E-state index is 0.0925. The highest BCUT2D eigenvalue weighted by atomic mass is 32.2. The molecule has 0 bridgehead atoms. The van der Waals surface area contributed by atoms with Crippen LogP contribution in [0.2, 0.25) is 0 Å². The summed E-state index contributed by atoms with van der Waals surface area (Å²) in [6.45, 7) is 5.13. The van der Waals surface area contributed by atoms with Crippen LogP contribution in [0.25, 0.3) is 0 Å². The van der Waals surface area contributed by atoms with Gasteiger partial charge in [-0.3, -0.25) is 4.79 Å². The molecule has 1 fully saturated rings. The summed E-state index contributed by atoms with van der Waals surface area (Å²) in [4.78, 5) is 12.1. The van der Waals surface area contributed by atoms with Gasteiger partial charge < -0.3 is 10.1 Å². The Kier molecular flexibility index (Phi) is 7.00. The van der Waals surface area contributed by atoms with Gasteiger partial charge in [0.2, 0.25) is 15.9 Å². The molecule has 1 aromatic carbocycles. The highest BCUT2D eigenvalue weighted by molar-refractivity contribution is 7.89. The number of nitrogens with zero attached hydrogens (tertiary/aromatic N) is 1. The fourth-order valence-electron chi connectivity index (χ4n) is 2.99. The van der Waals surface area contributed by atoms with Crippen molar-refractivity contribution in [2.45, 2.75) is 38.0 Å². The lowest BCUT2D eigenvalue weighted by atomic mass is 9.98. The Labute approximate surface area is 154 Å². The molecule has 1 unspecified atom stereocenters. The minimum atomic E-state index is -3.94. The fraction of sp³-hybridized carbons (Fsp3) is 0.611. The zero-order valence-electron chi connectivity index (χ0n) is 15.5. The standard InChI is InChI=1S/C18H27FN2O4S/c1-13(2)8-9-20-18(22)14-5-4-10-21(12-14)26(23,24)17-11-15(19)6-7-16(17)25-3/h6-7,11,13-14H,4-5,8-10,12H2,1-3H3,(H,20,22). The largest absolute Gasteiger partial charge is 0.495 e. The van der Waals surface area contributed by atoms with Crippen LogP contribution < -0.4 is 10.1 Å². The second-order valence-electron chi connectivity index (χ2n) is 6.97. The van der Waals surface area contributed by atoms with Crippen molar-refractivity contribution in [2.24, 2.45) is 11.8 Å². The van der Waals surface area contributed by atoms with E-state index in [2.05, 4.69) is 19.2 Å². The smallest absolute Gasteiger partial charge is 0.246 e. The summed E-state index contributed by atoms with van der Waals surface area (Å²) >= 11 is 0. The number of sulfonamides is 1. The SMILES string of the molecule is COc1ccc(F)cc1S(=O)(=O)N1CCCC(C(=O)NCCC(C)C)C1. The summed E-state index contributed by atoms with van der Waals surface area (Å²) in [5.74, 6) is -0.597. The Hall–Kier alpha value is -1.67. The Bertz CT molecular complexity index is 737. The summed E-state index contributed by atoms with van der Waals surface area (Å²) in [5.41, 5.74) is 0.